The number of carboxylic acid groups (broad SMARTS) is 1. The molecular formula is C14H25N3O4. The molecule has 7 nitrogen and oxygen atoms in total. The molecule has 1 heterocycles. The van der Waals surface area contributed by atoms with E-state index in [1.165, 1.54) is 4.90 Å². The highest BCUT2D eigenvalue weighted by molar-refractivity contribution is 5.80. The Kier molecular flexibility index (Phi) is 5.57. The fourth-order valence-electron chi connectivity index (χ4n) is 2.47. The minimum Gasteiger partial charge on any atom is -0.481 e. The Hall–Kier alpha value is -1.79. The molecule has 0 bridgehead atoms. The molecule has 1 fully saturated rings. The van der Waals surface area contributed by atoms with Crippen LogP contribution in [0.5, 0.6) is 0 Å². The Bertz CT molecular complexity index is 416. The lowest BCUT2D eigenvalue weighted by Gasteiger charge is -2.38. The third-order valence-electron chi connectivity index (χ3n) is 4.22. The maximum absolute atomic E-state index is 12.3. The maximum Gasteiger partial charge on any atom is 0.319 e. The second-order valence-electron chi connectivity index (χ2n) is 6.03. The van der Waals surface area contributed by atoms with Gasteiger partial charge >= 0.3 is 12.0 Å². The molecule has 3 amide bonds. The number of carbonyl (C=O) groups is 3. The SMILES string of the molecule is CNC(=O)C(C)CN(C)C(=O)N1CCC(C)(C(=O)O)CC1. The lowest BCUT2D eigenvalue weighted by Crippen LogP contribution is -2.50. The number of aliphatic carboxylic acids is 1. The van der Waals surface area contributed by atoms with Gasteiger partial charge in [-0.05, 0) is 19.8 Å². The van der Waals surface area contributed by atoms with E-state index in [2.05, 4.69) is 5.32 Å². The molecule has 120 valence electrons. The Morgan fingerprint density at radius 1 is 1.33 bits per heavy atom. The van der Waals surface area contributed by atoms with E-state index < -0.39 is 11.4 Å². The molecule has 0 radical (unpaired) electrons. The molecule has 1 rings (SSSR count). The van der Waals surface area contributed by atoms with Crippen molar-refractivity contribution in [1.82, 2.24) is 15.1 Å². The van der Waals surface area contributed by atoms with E-state index >= 15 is 0 Å². The van der Waals surface area contributed by atoms with Crippen LogP contribution in [-0.2, 0) is 9.59 Å². The fourth-order valence-corrected chi connectivity index (χ4v) is 2.47. The Morgan fingerprint density at radius 3 is 2.29 bits per heavy atom. The molecule has 0 spiro atoms. The quantitative estimate of drug-likeness (QED) is 0.795. The minimum atomic E-state index is -0.809. The van der Waals surface area contributed by atoms with Crippen LogP contribution in [0.2, 0.25) is 0 Å². The van der Waals surface area contributed by atoms with Crippen molar-refractivity contribution >= 4 is 17.9 Å². The highest BCUT2D eigenvalue weighted by Gasteiger charge is 2.38. The number of hydrogen-bond acceptors (Lipinski definition) is 3. The van der Waals surface area contributed by atoms with Crippen molar-refractivity contribution < 1.29 is 19.5 Å². The first-order valence-electron chi connectivity index (χ1n) is 7.16. The number of nitrogens with one attached hydrogen (secondary N) is 1. The number of likely N-dealkylation sites (tertiary alicyclic amines) is 1. The maximum atomic E-state index is 12.3. The van der Waals surface area contributed by atoms with Crippen LogP contribution in [0, 0.1) is 11.3 Å². The van der Waals surface area contributed by atoms with E-state index in [9.17, 15) is 19.5 Å². The van der Waals surface area contributed by atoms with Gasteiger partial charge in [0.15, 0.2) is 0 Å². The molecule has 1 aliphatic rings. The minimum absolute atomic E-state index is 0.105. The molecular weight excluding hydrogens is 274 g/mol. The highest BCUT2D eigenvalue weighted by atomic mass is 16.4. The van der Waals surface area contributed by atoms with Crippen molar-refractivity contribution in [2.24, 2.45) is 11.3 Å². The van der Waals surface area contributed by atoms with E-state index in [4.69, 9.17) is 0 Å². The van der Waals surface area contributed by atoms with Crippen LogP contribution in [-0.4, -0.2) is 66.5 Å². The predicted molar refractivity (Wildman–Crippen MR) is 77.8 cm³/mol. The van der Waals surface area contributed by atoms with Gasteiger partial charge in [-0.1, -0.05) is 6.92 Å². The average molecular weight is 299 g/mol. The summed E-state index contributed by atoms with van der Waals surface area (Å²) < 4.78 is 0. The standard InChI is InChI=1S/C14H25N3O4/c1-10(11(18)15-3)9-16(4)13(21)17-7-5-14(2,6-8-17)12(19)20/h10H,5-9H2,1-4H3,(H,15,18)(H,19,20). The first-order chi connectivity index (χ1) is 9.71. The third kappa shape index (κ3) is 4.09. The Morgan fingerprint density at radius 2 is 1.86 bits per heavy atom. The van der Waals surface area contributed by atoms with E-state index in [1.54, 1.807) is 32.8 Å². The van der Waals surface area contributed by atoms with Crippen molar-refractivity contribution in [3.8, 4) is 0 Å². The fraction of sp³-hybridized carbons (Fsp3) is 0.786. The smallest absolute Gasteiger partial charge is 0.319 e. The van der Waals surface area contributed by atoms with Crippen LogP contribution in [0.1, 0.15) is 26.7 Å². The molecule has 1 saturated heterocycles. The number of hydrogen-bond donors (Lipinski definition) is 2. The number of amides is 3. The third-order valence-corrected chi connectivity index (χ3v) is 4.22. The normalized spacial score (nSPS) is 18.8. The van der Waals surface area contributed by atoms with E-state index in [-0.39, 0.29) is 17.9 Å². The van der Waals surface area contributed by atoms with Crippen LogP contribution in [0.25, 0.3) is 0 Å². The van der Waals surface area contributed by atoms with Gasteiger partial charge in [-0.3, -0.25) is 9.59 Å². The van der Waals surface area contributed by atoms with Crippen molar-refractivity contribution in [2.75, 3.05) is 33.7 Å². The zero-order chi connectivity index (χ0) is 16.2. The van der Waals surface area contributed by atoms with Gasteiger partial charge in [0.05, 0.1) is 11.3 Å². The number of carbonyl (C=O) groups excluding carboxylic acids is 2. The first kappa shape index (κ1) is 17.3. The van der Waals surface area contributed by atoms with E-state index in [0.29, 0.717) is 32.5 Å². The van der Waals surface area contributed by atoms with Crippen LogP contribution in [0.4, 0.5) is 4.79 Å². The summed E-state index contributed by atoms with van der Waals surface area (Å²) in [6, 6.07) is -0.154. The Labute approximate surface area is 125 Å². The first-order valence-corrected chi connectivity index (χ1v) is 7.16. The summed E-state index contributed by atoms with van der Waals surface area (Å²) in [7, 11) is 3.23. The zero-order valence-corrected chi connectivity index (χ0v) is 13.2. The van der Waals surface area contributed by atoms with Crippen LogP contribution in [0.3, 0.4) is 0 Å². The molecule has 1 unspecified atom stereocenters. The number of piperidine rings is 1. The summed E-state index contributed by atoms with van der Waals surface area (Å²) in [6.45, 7) is 4.68. The van der Waals surface area contributed by atoms with Gasteiger partial charge in [0, 0.05) is 33.7 Å². The molecule has 0 aromatic rings. The zero-order valence-electron chi connectivity index (χ0n) is 13.2. The number of carboxylic acids is 1. The van der Waals surface area contributed by atoms with Gasteiger partial charge in [0.1, 0.15) is 0 Å². The van der Waals surface area contributed by atoms with Gasteiger partial charge < -0.3 is 20.2 Å². The number of rotatable bonds is 4. The Balaban J connectivity index is 2.54. The molecule has 0 saturated carbocycles. The molecule has 7 heteroatoms. The van der Waals surface area contributed by atoms with Crippen molar-refractivity contribution in [2.45, 2.75) is 26.7 Å². The molecule has 1 aliphatic heterocycles. The molecule has 21 heavy (non-hydrogen) atoms. The lowest BCUT2D eigenvalue weighted by atomic mass is 9.80. The van der Waals surface area contributed by atoms with Crippen molar-refractivity contribution in [3.05, 3.63) is 0 Å². The second kappa shape index (κ2) is 6.78. The highest BCUT2D eigenvalue weighted by Crippen LogP contribution is 2.31. The summed E-state index contributed by atoms with van der Waals surface area (Å²) in [5.74, 6) is -1.19. The second-order valence-corrected chi connectivity index (χ2v) is 6.03. The van der Waals surface area contributed by atoms with Gasteiger partial charge in [0.25, 0.3) is 0 Å². The number of urea groups is 1. The average Bonchev–Trinajstić information content (AvgIpc) is 2.46. The van der Waals surface area contributed by atoms with Crippen molar-refractivity contribution in [1.29, 1.82) is 0 Å². The predicted octanol–water partition coefficient (Wildman–Crippen LogP) is 0.607. The summed E-state index contributed by atoms with van der Waals surface area (Å²) in [5, 5.41) is 11.7. The van der Waals surface area contributed by atoms with Crippen LogP contribution >= 0.6 is 0 Å². The monoisotopic (exact) mass is 299 g/mol. The van der Waals surface area contributed by atoms with Crippen LogP contribution in [0.15, 0.2) is 0 Å². The van der Waals surface area contributed by atoms with Gasteiger partial charge in [0.2, 0.25) is 5.91 Å². The summed E-state index contributed by atoms with van der Waals surface area (Å²) >= 11 is 0. The summed E-state index contributed by atoms with van der Waals surface area (Å²) in [6.07, 6.45) is 0.903. The van der Waals surface area contributed by atoms with Gasteiger partial charge in [-0.2, -0.15) is 0 Å². The largest absolute Gasteiger partial charge is 0.481 e. The molecule has 0 aromatic carbocycles. The molecule has 0 aliphatic carbocycles. The van der Waals surface area contributed by atoms with Crippen molar-refractivity contribution in [3.63, 3.8) is 0 Å². The van der Waals surface area contributed by atoms with E-state index in [1.807, 2.05) is 0 Å². The van der Waals surface area contributed by atoms with Gasteiger partial charge in [-0.25, -0.2) is 4.79 Å². The van der Waals surface area contributed by atoms with Crippen LogP contribution < -0.4 is 5.32 Å². The lowest BCUT2D eigenvalue weighted by molar-refractivity contribution is -0.150. The summed E-state index contributed by atoms with van der Waals surface area (Å²) in [4.78, 5) is 38.1. The molecule has 1 atom stereocenters. The molecule has 2 N–H and O–H groups in total. The van der Waals surface area contributed by atoms with Gasteiger partial charge in [-0.15, -0.1) is 0 Å². The van der Waals surface area contributed by atoms with E-state index in [0.717, 1.165) is 0 Å². The summed E-state index contributed by atoms with van der Waals surface area (Å²) in [5.41, 5.74) is -0.745. The number of nitrogens with zero attached hydrogens (tertiary/aromatic N) is 2. The topological polar surface area (TPSA) is 90.0 Å². The molecule has 0 aromatic heterocycles.